The highest BCUT2D eigenvalue weighted by Gasteiger charge is 2.31. The van der Waals surface area contributed by atoms with Crippen molar-refractivity contribution >= 4 is 22.9 Å². The summed E-state index contributed by atoms with van der Waals surface area (Å²) in [6, 6.07) is 13.7. The summed E-state index contributed by atoms with van der Waals surface area (Å²) in [5.41, 5.74) is 2.43. The third kappa shape index (κ3) is 5.68. The second kappa shape index (κ2) is 8.87. The van der Waals surface area contributed by atoms with Gasteiger partial charge in [0.25, 0.3) is 0 Å². The molecule has 0 atom stereocenters. The first-order valence-corrected chi connectivity index (χ1v) is 10.2. The Kier molecular flexibility index (Phi) is 6.01. The van der Waals surface area contributed by atoms with E-state index in [-0.39, 0.29) is 30.2 Å². The van der Waals surface area contributed by atoms with Crippen LogP contribution in [0.2, 0.25) is 0 Å². The van der Waals surface area contributed by atoms with Gasteiger partial charge in [0.2, 0.25) is 11.9 Å². The molecule has 1 aliphatic rings. The third-order valence-electron chi connectivity index (χ3n) is 5.43. The molecule has 1 aromatic heterocycles. The summed E-state index contributed by atoms with van der Waals surface area (Å²) in [5.74, 6) is 0.249. The van der Waals surface area contributed by atoms with Gasteiger partial charge in [0, 0.05) is 18.5 Å². The SMILES string of the molecule is O=C(NCc1cccc(OC(F)(F)F)c1)[C@H]1CC[C@H](Nc2nc3ccccc3[nH]2)CC1. The van der Waals surface area contributed by atoms with Crippen LogP contribution >= 0.6 is 0 Å². The lowest BCUT2D eigenvalue weighted by atomic mass is 9.85. The number of benzene rings is 2. The van der Waals surface area contributed by atoms with Gasteiger partial charge >= 0.3 is 6.36 Å². The zero-order valence-corrected chi connectivity index (χ0v) is 16.7. The van der Waals surface area contributed by atoms with Gasteiger partial charge in [-0.15, -0.1) is 13.2 Å². The second-order valence-electron chi connectivity index (χ2n) is 7.71. The molecule has 0 saturated heterocycles. The molecule has 1 fully saturated rings. The molecule has 1 aliphatic carbocycles. The molecular weight excluding hydrogens is 409 g/mol. The minimum absolute atomic E-state index is 0.0793. The number of carbonyl (C=O) groups excluding carboxylic acids is 1. The molecule has 31 heavy (non-hydrogen) atoms. The molecule has 0 unspecified atom stereocenters. The molecule has 0 spiro atoms. The number of H-pyrrole nitrogens is 1. The zero-order chi connectivity index (χ0) is 21.8. The van der Waals surface area contributed by atoms with E-state index >= 15 is 0 Å². The fourth-order valence-electron chi connectivity index (χ4n) is 3.90. The Hall–Kier alpha value is -3.23. The summed E-state index contributed by atoms with van der Waals surface area (Å²) < 4.78 is 41.0. The van der Waals surface area contributed by atoms with Crippen LogP contribution in [0, 0.1) is 5.92 Å². The fourth-order valence-corrected chi connectivity index (χ4v) is 3.90. The fraction of sp³-hybridized carbons (Fsp3) is 0.364. The zero-order valence-electron chi connectivity index (χ0n) is 16.7. The predicted molar refractivity (Wildman–Crippen MR) is 110 cm³/mol. The number of alkyl halides is 3. The van der Waals surface area contributed by atoms with E-state index in [1.807, 2.05) is 24.3 Å². The van der Waals surface area contributed by atoms with Gasteiger partial charge in [-0.1, -0.05) is 24.3 Å². The molecule has 3 N–H and O–H groups in total. The molecule has 3 aromatic rings. The first-order valence-electron chi connectivity index (χ1n) is 10.2. The monoisotopic (exact) mass is 432 g/mol. The first kappa shape index (κ1) is 21.0. The molecular formula is C22H23F3N4O2. The summed E-state index contributed by atoms with van der Waals surface area (Å²) in [4.78, 5) is 20.3. The van der Waals surface area contributed by atoms with E-state index in [0.29, 0.717) is 5.56 Å². The Morgan fingerprint density at radius 2 is 1.87 bits per heavy atom. The highest BCUT2D eigenvalue weighted by Crippen LogP contribution is 2.27. The van der Waals surface area contributed by atoms with Crippen molar-refractivity contribution in [2.75, 3.05) is 5.32 Å². The van der Waals surface area contributed by atoms with E-state index in [1.54, 1.807) is 6.07 Å². The predicted octanol–water partition coefficient (Wildman–Crippen LogP) is 4.75. The van der Waals surface area contributed by atoms with Crippen molar-refractivity contribution in [3.63, 3.8) is 0 Å². The number of para-hydroxylation sites is 2. The normalized spacial score (nSPS) is 19.2. The number of aromatic amines is 1. The van der Waals surface area contributed by atoms with Crippen molar-refractivity contribution in [3.8, 4) is 5.75 Å². The van der Waals surface area contributed by atoms with E-state index in [9.17, 15) is 18.0 Å². The van der Waals surface area contributed by atoms with Gasteiger partial charge in [-0.25, -0.2) is 4.98 Å². The largest absolute Gasteiger partial charge is 0.573 e. The second-order valence-corrected chi connectivity index (χ2v) is 7.71. The lowest BCUT2D eigenvalue weighted by Gasteiger charge is -2.28. The van der Waals surface area contributed by atoms with Crippen LogP contribution in [0.15, 0.2) is 48.5 Å². The van der Waals surface area contributed by atoms with Gasteiger partial charge in [-0.05, 0) is 55.5 Å². The number of hydrogen-bond donors (Lipinski definition) is 3. The summed E-state index contributed by atoms with van der Waals surface area (Å²) in [7, 11) is 0. The Morgan fingerprint density at radius 1 is 1.10 bits per heavy atom. The molecule has 4 rings (SSSR count). The molecule has 164 valence electrons. The Bertz CT molecular complexity index is 1010. The topological polar surface area (TPSA) is 79.0 Å². The molecule has 1 amide bonds. The third-order valence-corrected chi connectivity index (χ3v) is 5.43. The summed E-state index contributed by atoms with van der Waals surface area (Å²) >= 11 is 0. The number of aromatic nitrogens is 2. The van der Waals surface area contributed by atoms with Crippen LogP contribution in [0.25, 0.3) is 11.0 Å². The number of hydrogen-bond acceptors (Lipinski definition) is 4. The summed E-state index contributed by atoms with van der Waals surface area (Å²) in [6.45, 7) is 0.158. The lowest BCUT2D eigenvalue weighted by molar-refractivity contribution is -0.274. The molecule has 2 aromatic carbocycles. The van der Waals surface area contributed by atoms with Crippen LogP contribution in [-0.4, -0.2) is 28.3 Å². The maximum atomic E-state index is 12.5. The highest BCUT2D eigenvalue weighted by molar-refractivity contribution is 5.79. The average molecular weight is 432 g/mol. The van der Waals surface area contributed by atoms with Crippen molar-refractivity contribution in [3.05, 3.63) is 54.1 Å². The number of nitrogens with one attached hydrogen (secondary N) is 3. The first-order chi connectivity index (χ1) is 14.9. The number of anilines is 1. The maximum absolute atomic E-state index is 12.5. The van der Waals surface area contributed by atoms with Crippen LogP contribution in [0.1, 0.15) is 31.2 Å². The highest BCUT2D eigenvalue weighted by atomic mass is 19.4. The van der Waals surface area contributed by atoms with E-state index in [4.69, 9.17) is 0 Å². The van der Waals surface area contributed by atoms with E-state index in [0.717, 1.165) is 42.7 Å². The van der Waals surface area contributed by atoms with Crippen LogP contribution < -0.4 is 15.4 Å². The molecule has 0 radical (unpaired) electrons. The van der Waals surface area contributed by atoms with Crippen LogP contribution in [0.5, 0.6) is 5.75 Å². The van der Waals surface area contributed by atoms with Gasteiger partial charge in [0.05, 0.1) is 11.0 Å². The van der Waals surface area contributed by atoms with Crippen molar-refractivity contribution < 1.29 is 22.7 Å². The van der Waals surface area contributed by atoms with Crippen molar-refractivity contribution in [1.29, 1.82) is 0 Å². The minimum atomic E-state index is -4.74. The van der Waals surface area contributed by atoms with E-state index in [2.05, 4.69) is 25.3 Å². The number of ether oxygens (including phenoxy) is 1. The molecule has 0 bridgehead atoms. The standard InChI is InChI=1S/C22H23F3N4O2/c23-22(24,25)31-17-5-3-4-14(12-17)13-26-20(30)15-8-10-16(11-9-15)27-21-28-18-6-1-2-7-19(18)29-21/h1-7,12,15-16H,8-11,13H2,(H,26,30)(H2,27,28,29)/t15-,16-. The summed E-state index contributed by atoms with van der Waals surface area (Å²) in [5, 5.41) is 6.23. The Morgan fingerprint density at radius 3 is 2.61 bits per heavy atom. The lowest BCUT2D eigenvalue weighted by Crippen LogP contribution is -2.35. The van der Waals surface area contributed by atoms with Gasteiger partial charge in [-0.2, -0.15) is 0 Å². The van der Waals surface area contributed by atoms with Crippen LogP contribution in [-0.2, 0) is 11.3 Å². The van der Waals surface area contributed by atoms with Gasteiger partial charge < -0.3 is 20.4 Å². The number of nitrogens with zero attached hydrogens (tertiary/aromatic N) is 1. The number of halogens is 3. The minimum Gasteiger partial charge on any atom is -0.406 e. The quantitative estimate of drug-likeness (QED) is 0.525. The molecule has 1 heterocycles. The van der Waals surface area contributed by atoms with Crippen LogP contribution in [0.3, 0.4) is 0 Å². The number of fused-ring (bicyclic) bond motifs is 1. The van der Waals surface area contributed by atoms with Gasteiger partial charge in [0.15, 0.2) is 0 Å². The molecule has 0 aliphatic heterocycles. The number of imidazole rings is 1. The summed E-state index contributed by atoms with van der Waals surface area (Å²) in [6.07, 6.45) is -1.59. The molecule has 9 heteroatoms. The number of carbonyl (C=O) groups is 1. The average Bonchev–Trinajstić information content (AvgIpc) is 3.14. The molecule has 1 saturated carbocycles. The van der Waals surface area contributed by atoms with Crippen molar-refractivity contribution in [1.82, 2.24) is 15.3 Å². The van der Waals surface area contributed by atoms with E-state index in [1.165, 1.54) is 18.2 Å². The van der Waals surface area contributed by atoms with Gasteiger partial charge in [-0.3, -0.25) is 4.79 Å². The number of rotatable bonds is 6. The number of amides is 1. The maximum Gasteiger partial charge on any atom is 0.573 e. The van der Waals surface area contributed by atoms with Crippen molar-refractivity contribution in [2.24, 2.45) is 5.92 Å². The van der Waals surface area contributed by atoms with Crippen LogP contribution in [0.4, 0.5) is 19.1 Å². The van der Waals surface area contributed by atoms with Crippen molar-refractivity contribution in [2.45, 2.75) is 44.6 Å². The molecule has 6 nitrogen and oxygen atoms in total. The van der Waals surface area contributed by atoms with Gasteiger partial charge in [0.1, 0.15) is 5.75 Å². The Balaban J connectivity index is 1.24. The smallest absolute Gasteiger partial charge is 0.406 e. The van der Waals surface area contributed by atoms with E-state index < -0.39 is 6.36 Å². The Labute approximate surface area is 177 Å².